The summed E-state index contributed by atoms with van der Waals surface area (Å²) in [5.41, 5.74) is 7.60. The highest BCUT2D eigenvalue weighted by atomic mass is 32.1. The molecule has 0 nitrogen and oxygen atoms in total. The lowest BCUT2D eigenvalue weighted by Gasteiger charge is -2.19. The molecule has 0 saturated carbocycles. The molecule has 2 heteroatoms. The van der Waals surface area contributed by atoms with Gasteiger partial charge in [-0.2, -0.15) is 0 Å². The zero-order valence-electron chi connectivity index (χ0n) is 27.0. The predicted octanol–water partition coefficient (Wildman–Crippen LogP) is 14.9. The second-order valence-corrected chi connectivity index (χ2v) is 15.4. The lowest BCUT2D eigenvalue weighted by molar-refractivity contribution is 1.64. The molecule has 232 valence electrons. The number of benzene rings is 9. The van der Waals surface area contributed by atoms with Crippen LogP contribution < -0.4 is 0 Å². The van der Waals surface area contributed by atoms with Crippen LogP contribution in [0.4, 0.5) is 0 Å². The van der Waals surface area contributed by atoms with E-state index in [4.69, 9.17) is 0 Å². The van der Waals surface area contributed by atoms with Gasteiger partial charge in [0.25, 0.3) is 0 Å². The Labute approximate surface area is 297 Å². The third-order valence-electron chi connectivity index (χ3n) is 10.5. The first-order chi connectivity index (χ1) is 24.8. The first-order valence-corrected chi connectivity index (χ1v) is 18.7. The maximum absolute atomic E-state index is 2.42. The molecule has 0 spiro atoms. The van der Waals surface area contributed by atoms with Crippen LogP contribution in [-0.4, -0.2) is 0 Å². The van der Waals surface area contributed by atoms with Gasteiger partial charge in [-0.15, -0.1) is 22.7 Å². The standard InChI is InChI=1S/C48H28S2/c1-2-12-33-30(10-1)11-9-18-35(33)48-38-16-5-3-14-36(38)47(37-15-4-6-17-39(37)48)31-22-20-29(21-23-31)32-24-25-44-40(26-32)42-28-45-41(27-46(42)50-44)34-13-7-8-19-43(34)49-45/h1-28H. The molecule has 0 radical (unpaired) electrons. The van der Waals surface area contributed by atoms with E-state index in [2.05, 4.69) is 170 Å². The Morgan fingerprint density at radius 2 is 0.740 bits per heavy atom. The molecule has 0 unspecified atom stereocenters. The van der Waals surface area contributed by atoms with Crippen molar-refractivity contribution in [1.29, 1.82) is 0 Å². The van der Waals surface area contributed by atoms with E-state index < -0.39 is 0 Å². The van der Waals surface area contributed by atoms with Crippen LogP contribution >= 0.6 is 22.7 Å². The Hall–Kier alpha value is -5.80. The quantitative estimate of drug-likeness (QED) is 0.164. The second kappa shape index (κ2) is 10.9. The van der Waals surface area contributed by atoms with E-state index in [1.165, 1.54) is 106 Å². The first kappa shape index (κ1) is 28.1. The minimum atomic E-state index is 1.24. The van der Waals surface area contributed by atoms with Crippen molar-refractivity contribution in [3.63, 3.8) is 0 Å². The third-order valence-corrected chi connectivity index (χ3v) is 12.7. The summed E-state index contributed by atoms with van der Waals surface area (Å²) in [6, 6.07) is 63.1. The molecule has 11 aromatic rings. The largest absolute Gasteiger partial charge is 0.135 e. The van der Waals surface area contributed by atoms with Gasteiger partial charge in [-0.3, -0.25) is 0 Å². The van der Waals surface area contributed by atoms with Crippen molar-refractivity contribution in [3.8, 4) is 33.4 Å². The molecule has 9 aromatic carbocycles. The molecule has 50 heavy (non-hydrogen) atoms. The maximum Gasteiger partial charge on any atom is 0.0362 e. The topological polar surface area (TPSA) is 0 Å². The van der Waals surface area contributed by atoms with Crippen molar-refractivity contribution in [3.05, 3.63) is 170 Å². The molecule has 2 aromatic heterocycles. The highest BCUT2D eigenvalue weighted by molar-refractivity contribution is 7.27. The molecule has 0 aliphatic carbocycles. The van der Waals surface area contributed by atoms with Crippen LogP contribution in [0.3, 0.4) is 0 Å². The Balaban J connectivity index is 1.06. The van der Waals surface area contributed by atoms with E-state index in [1.54, 1.807) is 0 Å². The predicted molar refractivity (Wildman–Crippen MR) is 221 cm³/mol. The molecule has 0 aliphatic heterocycles. The van der Waals surface area contributed by atoms with Crippen molar-refractivity contribution in [2.24, 2.45) is 0 Å². The van der Waals surface area contributed by atoms with Gasteiger partial charge in [0.05, 0.1) is 0 Å². The minimum Gasteiger partial charge on any atom is -0.135 e. The van der Waals surface area contributed by atoms with Gasteiger partial charge >= 0.3 is 0 Å². The van der Waals surface area contributed by atoms with Gasteiger partial charge in [0.15, 0.2) is 0 Å². The number of hydrogen-bond acceptors (Lipinski definition) is 2. The zero-order valence-corrected chi connectivity index (χ0v) is 28.6. The summed E-state index contributed by atoms with van der Waals surface area (Å²) in [4.78, 5) is 0. The zero-order chi connectivity index (χ0) is 32.8. The summed E-state index contributed by atoms with van der Waals surface area (Å²) in [5.74, 6) is 0. The van der Waals surface area contributed by atoms with Gasteiger partial charge in [0, 0.05) is 40.3 Å². The summed E-state index contributed by atoms with van der Waals surface area (Å²) >= 11 is 3.79. The van der Waals surface area contributed by atoms with E-state index >= 15 is 0 Å². The molecular weight excluding hydrogens is 641 g/mol. The van der Waals surface area contributed by atoms with Gasteiger partial charge in [0.1, 0.15) is 0 Å². The van der Waals surface area contributed by atoms with Crippen LogP contribution in [0.5, 0.6) is 0 Å². The fourth-order valence-corrected chi connectivity index (χ4v) is 10.4. The van der Waals surface area contributed by atoms with E-state index in [1.807, 2.05) is 22.7 Å². The molecule has 0 bridgehead atoms. The average Bonchev–Trinajstić information content (AvgIpc) is 3.72. The molecule has 0 saturated heterocycles. The SMILES string of the molecule is c1ccc2c(-c3c4ccccc4c(-c4ccc(-c5ccc6sc7cc8c(cc7c6c5)sc5ccccc58)cc4)c4ccccc34)cccc2c1. The summed E-state index contributed by atoms with van der Waals surface area (Å²) in [7, 11) is 0. The first-order valence-electron chi connectivity index (χ1n) is 17.1. The van der Waals surface area contributed by atoms with Gasteiger partial charge in [-0.25, -0.2) is 0 Å². The third kappa shape index (κ3) is 4.16. The van der Waals surface area contributed by atoms with E-state index in [9.17, 15) is 0 Å². The maximum atomic E-state index is 2.42. The van der Waals surface area contributed by atoms with Crippen LogP contribution in [0.2, 0.25) is 0 Å². The summed E-state index contributed by atoms with van der Waals surface area (Å²) < 4.78 is 5.41. The van der Waals surface area contributed by atoms with E-state index in [0.717, 1.165) is 0 Å². The molecule has 0 fully saturated rings. The minimum absolute atomic E-state index is 1.24. The lowest BCUT2D eigenvalue weighted by Crippen LogP contribution is -1.91. The van der Waals surface area contributed by atoms with Gasteiger partial charge in [-0.05, 0) is 96.0 Å². The van der Waals surface area contributed by atoms with Crippen molar-refractivity contribution < 1.29 is 0 Å². The van der Waals surface area contributed by atoms with E-state index in [0.29, 0.717) is 0 Å². The number of fused-ring (bicyclic) bond motifs is 9. The second-order valence-electron chi connectivity index (χ2n) is 13.2. The smallest absolute Gasteiger partial charge is 0.0362 e. The fraction of sp³-hybridized carbons (Fsp3) is 0. The molecule has 11 rings (SSSR count). The van der Waals surface area contributed by atoms with Crippen molar-refractivity contribution in [1.82, 2.24) is 0 Å². The van der Waals surface area contributed by atoms with Crippen LogP contribution in [0, 0.1) is 0 Å². The van der Waals surface area contributed by atoms with Crippen molar-refractivity contribution in [2.45, 2.75) is 0 Å². The number of thiophene rings is 2. The van der Waals surface area contributed by atoms with E-state index in [-0.39, 0.29) is 0 Å². The van der Waals surface area contributed by atoms with Crippen molar-refractivity contribution in [2.75, 3.05) is 0 Å². The normalized spacial score (nSPS) is 12.0. The summed E-state index contributed by atoms with van der Waals surface area (Å²) in [5, 5.41) is 13.1. The summed E-state index contributed by atoms with van der Waals surface area (Å²) in [6.45, 7) is 0. The molecule has 0 aliphatic rings. The molecule has 0 N–H and O–H groups in total. The lowest BCUT2D eigenvalue weighted by atomic mass is 9.84. The highest BCUT2D eigenvalue weighted by Crippen LogP contribution is 2.46. The summed E-state index contributed by atoms with van der Waals surface area (Å²) in [6.07, 6.45) is 0. The van der Waals surface area contributed by atoms with Crippen LogP contribution in [0.25, 0.3) is 106 Å². The highest BCUT2D eigenvalue weighted by Gasteiger charge is 2.18. The van der Waals surface area contributed by atoms with Crippen LogP contribution in [-0.2, 0) is 0 Å². The van der Waals surface area contributed by atoms with Gasteiger partial charge in [0.2, 0.25) is 0 Å². The van der Waals surface area contributed by atoms with Crippen LogP contribution in [0.15, 0.2) is 170 Å². The van der Waals surface area contributed by atoms with Gasteiger partial charge < -0.3 is 0 Å². The monoisotopic (exact) mass is 668 g/mol. The van der Waals surface area contributed by atoms with Crippen LogP contribution in [0.1, 0.15) is 0 Å². The fourth-order valence-electron chi connectivity index (χ4n) is 8.18. The molecule has 0 amide bonds. The van der Waals surface area contributed by atoms with Crippen molar-refractivity contribution >= 4 is 95.3 Å². The Bertz CT molecular complexity index is 3080. The number of rotatable bonds is 3. The molecular formula is C48H28S2. The van der Waals surface area contributed by atoms with Gasteiger partial charge in [-0.1, -0.05) is 140 Å². The number of hydrogen-bond donors (Lipinski definition) is 0. The Kier molecular flexibility index (Phi) is 6.09. The molecule has 2 heterocycles. The Morgan fingerprint density at radius 3 is 1.44 bits per heavy atom. The molecule has 0 atom stereocenters. The average molecular weight is 669 g/mol. The Morgan fingerprint density at radius 1 is 0.260 bits per heavy atom.